The Morgan fingerprint density at radius 2 is 1.67 bits per heavy atom. The van der Waals surface area contributed by atoms with Gasteiger partial charge < -0.3 is 19.4 Å². The Morgan fingerprint density at radius 3 is 2.46 bits per heavy atom. The lowest BCUT2D eigenvalue weighted by molar-refractivity contribution is 0.417. The molecule has 5 aromatic rings. The molecule has 1 N–H and O–H groups in total. The standard InChI is InChI=1S/C30H23BrN6O2/c1-18-26-27(24-16-17-25(31)39-24)36-22-14-8-6-12-20(22)32-28(33-21-13-7-9-15-23(21)38-2)30(36)34-29(26)37(35-18)19-10-4-3-5-11-19/h3-17,27H,1-2H3,(H,32,33). The zero-order chi connectivity index (χ0) is 26.5. The van der Waals surface area contributed by atoms with E-state index in [2.05, 4.69) is 32.2 Å². The predicted octanol–water partition coefficient (Wildman–Crippen LogP) is 7.34. The zero-order valence-corrected chi connectivity index (χ0v) is 22.8. The fourth-order valence-corrected chi connectivity index (χ4v) is 5.49. The van der Waals surface area contributed by atoms with E-state index in [9.17, 15) is 0 Å². The van der Waals surface area contributed by atoms with Gasteiger partial charge >= 0.3 is 0 Å². The van der Waals surface area contributed by atoms with E-state index in [1.165, 1.54) is 0 Å². The molecule has 0 saturated carbocycles. The molecule has 1 atom stereocenters. The number of amidine groups is 2. The molecule has 1 unspecified atom stereocenters. The number of para-hydroxylation sites is 5. The van der Waals surface area contributed by atoms with Gasteiger partial charge in [-0.15, -0.1) is 0 Å². The molecule has 0 bridgehead atoms. The fraction of sp³-hybridized carbons (Fsp3) is 0.100. The average Bonchev–Trinajstić information content (AvgIpc) is 3.55. The second kappa shape index (κ2) is 9.28. The lowest BCUT2D eigenvalue weighted by Gasteiger charge is -2.39. The molecule has 0 aliphatic carbocycles. The third kappa shape index (κ3) is 3.85. The van der Waals surface area contributed by atoms with E-state index in [1.54, 1.807) is 7.11 Å². The molecular formula is C30H23BrN6O2. The van der Waals surface area contributed by atoms with Crippen molar-refractivity contribution in [1.82, 2.24) is 9.78 Å². The van der Waals surface area contributed by atoms with E-state index in [4.69, 9.17) is 24.2 Å². The number of methoxy groups -OCH3 is 1. The number of ether oxygens (including phenoxy) is 1. The van der Waals surface area contributed by atoms with Crippen molar-refractivity contribution >= 4 is 50.5 Å². The van der Waals surface area contributed by atoms with E-state index in [0.717, 1.165) is 45.6 Å². The van der Waals surface area contributed by atoms with Crippen LogP contribution in [0.1, 0.15) is 23.1 Å². The highest BCUT2D eigenvalue weighted by Gasteiger charge is 2.43. The summed E-state index contributed by atoms with van der Waals surface area (Å²) >= 11 is 3.50. The molecule has 2 aromatic heterocycles. The van der Waals surface area contributed by atoms with Gasteiger partial charge in [0, 0.05) is 0 Å². The van der Waals surface area contributed by atoms with Gasteiger partial charge in [-0.25, -0.2) is 14.7 Å². The van der Waals surface area contributed by atoms with Gasteiger partial charge in [-0.1, -0.05) is 42.5 Å². The molecule has 0 radical (unpaired) electrons. The molecule has 0 amide bonds. The Kier molecular flexibility index (Phi) is 5.59. The second-order valence-corrected chi connectivity index (χ2v) is 9.98. The number of furan rings is 1. The summed E-state index contributed by atoms with van der Waals surface area (Å²) in [5.41, 5.74) is 5.30. The van der Waals surface area contributed by atoms with Crippen LogP contribution in [0.3, 0.4) is 0 Å². The number of anilines is 2. The topological polar surface area (TPSA) is 80.2 Å². The molecule has 3 aromatic carbocycles. The van der Waals surface area contributed by atoms with Crippen molar-refractivity contribution in [2.45, 2.75) is 13.0 Å². The third-order valence-corrected chi connectivity index (χ3v) is 7.29. The van der Waals surface area contributed by atoms with Crippen LogP contribution in [0.15, 0.2) is 110 Å². The molecule has 9 heteroatoms. The van der Waals surface area contributed by atoms with Gasteiger partial charge in [-0.05, 0) is 71.4 Å². The number of nitrogens with zero attached hydrogens (tertiary/aromatic N) is 5. The van der Waals surface area contributed by atoms with Crippen molar-refractivity contribution < 1.29 is 9.15 Å². The van der Waals surface area contributed by atoms with Gasteiger partial charge in [0.25, 0.3) is 0 Å². The summed E-state index contributed by atoms with van der Waals surface area (Å²) in [6, 6.07) is 29.4. The molecule has 2 aliphatic rings. The number of hydrogen-bond donors (Lipinski definition) is 1. The summed E-state index contributed by atoms with van der Waals surface area (Å²) in [5, 5.41) is 8.44. The van der Waals surface area contributed by atoms with Crippen molar-refractivity contribution in [2.24, 2.45) is 9.98 Å². The van der Waals surface area contributed by atoms with Crippen LogP contribution < -0.4 is 15.0 Å². The summed E-state index contributed by atoms with van der Waals surface area (Å²) in [7, 11) is 1.65. The maximum absolute atomic E-state index is 6.21. The number of benzene rings is 3. The largest absolute Gasteiger partial charge is 0.495 e. The molecular weight excluding hydrogens is 556 g/mol. The highest BCUT2D eigenvalue weighted by Crippen LogP contribution is 2.48. The molecule has 0 saturated heterocycles. The first-order chi connectivity index (χ1) is 19.1. The van der Waals surface area contributed by atoms with Crippen LogP contribution in [0.2, 0.25) is 0 Å². The minimum atomic E-state index is -0.331. The smallest absolute Gasteiger partial charge is 0.179 e. The highest BCUT2D eigenvalue weighted by atomic mass is 79.9. The number of aliphatic imine (C=N–C) groups is 2. The van der Waals surface area contributed by atoms with Crippen LogP contribution in [-0.2, 0) is 0 Å². The number of hydrogen-bond acceptors (Lipinski definition) is 7. The Balaban J connectivity index is 1.50. The van der Waals surface area contributed by atoms with Crippen molar-refractivity contribution in [2.75, 3.05) is 17.3 Å². The maximum Gasteiger partial charge on any atom is 0.179 e. The molecule has 39 heavy (non-hydrogen) atoms. The molecule has 2 aliphatic heterocycles. The molecule has 0 fully saturated rings. The second-order valence-electron chi connectivity index (χ2n) is 9.19. The number of fused-ring (bicyclic) bond motifs is 4. The minimum Gasteiger partial charge on any atom is -0.495 e. The van der Waals surface area contributed by atoms with E-state index in [-0.39, 0.29) is 6.04 Å². The van der Waals surface area contributed by atoms with E-state index >= 15 is 0 Å². The molecule has 8 nitrogen and oxygen atoms in total. The average molecular weight is 579 g/mol. The Morgan fingerprint density at radius 1 is 0.897 bits per heavy atom. The monoisotopic (exact) mass is 578 g/mol. The van der Waals surface area contributed by atoms with E-state index in [1.807, 2.05) is 96.5 Å². The highest BCUT2D eigenvalue weighted by molar-refractivity contribution is 9.10. The number of nitrogens with one attached hydrogen (secondary N) is 1. The Hall–Kier alpha value is -4.63. The van der Waals surface area contributed by atoms with Crippen LogP contribution in [0.5, 0.6) is 5.75 Å². The van der Waals surface area contributed by atoms with Gasteiger partial charge in [-0.3, -0.25) is 0 Å². The first-order valence-corrected chi connectivity index (χ1v) is 13.3. The minimum absolute atomic E-state index is 0.331. The predicted molar refractivity (Wildman–Crippen MR) is 156 cm³/mol. The third-order valence-electron chi connectivity index (χ3n) is 6.86. The van der Waals surface area contributed by atoms with Crippen LogP contribution in [-0.4, -0.2) is 28.6 Å². The molecule has 192 valence electrons. The summed E-state index contributed by atoms with van der Waals surface area (Å²) in [6.07, 6.45) is 0. The summed E-state index contributed by atoms with van der Waals surface area (Å²) in [4.78, 5) is 12.4. The quantitative estimate of drug-likeness (QED) is 0.241. The van der Waals surface area contributed by atoms with E-state index < -0.39 is 0 Å². The Bertz CT molecular complexity index is 1770. The van der Waals surface area contributed by atoms with Gasteiger partial charge in [0.15, 0.2) is 22.2 Å². The summed E-state index contributed by atoms with van der Waals surface area (Å²) in [6.45, 7) is 2.02. The van der Waals surface area contributed by atoms with Crippen LogP contribution in [0, 0.1) is 6.92 Å². The van der Waals surface area contributed by atoms with Crippen molar-refractivity contribution in [1.29, 1.82) is 0 Å². The van der Waals surface area contributed by atoms with Crippen LogP contribution in [0.25, 0.3) is 5.69 Å². The van der Waals surface area contributed by atoms with Gasteiger partial charge in [-0.2, -0.15) is 5.10 Å². The zero-order valence-electron chi connectivity index (χ0n) is 21.2. The van der Waals surface area contributed by atoms with Crippen molar-refractivity contribution in [3.8, 4) is 11.4 Å². The molecule has 7 rings (SSSR count). The lowest BCUT2D eigenvalue weighted by atomic mass is 9.98. The number of aryl methyl sites for hydroxylation is 1. The number of rotatable bonds is 4. The van der Waals surface area contributed by atoms with Gasteiger partial charge in [0.1, 0.15) is 17.6 Å². The normalized spacial score (nSPS) is 15.6. The Labute approximate surface area is 233 Å². The van der Waals surface area contributed by atoms with Crippen molar-refractivity contribution in [3.63, 3.8) is 0 Å². The first-order valence-electron chi connectivity index (χ1n) is 12.5. The molecule has 0 spiro atoms. The maximum atomic E-state index is 6.21. The van der Waals surface area contributed by atoms with Crippen molar-refractivity contribution in [3.05, 3.63) is 113 Å². The van der Waals surface area contributed by atoms with Gasteiger partial charge in [0.2, 0.25) is 0 Å². The number of halogens is 1. The van der Waals surface area contributed by atoms with Crippen LogP contribution >= 0.6 is 15.9 Å². The van der Waals surface area contributed by atoms with E-state index in [0.29, 0.717) is 22.1 Å². The fourth-order valence-electron chi connectivity index (χ4n) is 5.17. The SMILES string of the molecule is COc1ccccc1NC1=Nc2ccccc2N2C1=Nc1c(c(C)nn1-c1ccccc1)C2c1ccc(Br)o1. The number of aromatic nitrogens is 2. The van der Waals surface area contributed by atoms with Gasteiger partial charge in [0.05, 0.1) is 41.1 Å². The first kappa shape index (κ1) is 23.5. The lowest BCUT2D eigenvalue weighted by Crippen LogP contribution is -2.46. The summed E-state index contributed by atoms with van der Waals surface area (Å²) in [5.74, 6) is 3.45. The van der Waals surface area contributed by atoms with Crippen LogP contribution in [0.4, 0.5) is 22.9 Å². The molecule has 4 heterocycles. The summed E-state index contributed by atoms with van der Waals surface area (Å²) < 4.78 is 14.4.